The summed E-state index contributed by atoms with van der Waals surface area (Å²) in [5.41, 5.74) is -3.46. The lowest BCUT2D eigenvalue weighted by molar-refractivity contribution is -0.143. The number of carbonyl (C=O) groups is 1. The van der Waals surface area contributed by atoms with Gasteiger partial charge in [0.15, 0.2) is 15.0 Å². The molecule has 2 aliphatic heterocycles. The first-order chi connectivity index (χ1) is 15.2. The van der Waals surface area contributed by atoms with E-state index in [4.69, 9.17) is 0 Å². The number of nitrogens with zero attached hydrogens (tertiary/aromatic N) is 2. The number of rotatable bonds is 2. The standard InChI is InChI=1S/C20H14F6N2O3S2/c21-19(22,23)12-6-13(20(24,25)26)8-14(7-12)28-15-9-33(30,31)10-16(15)32-18(28)27-17(29)11-4-2-1-3-5-11/h1-8,15-16H,9-10H2/t15-,16-/m0/s1. The van der Waals surface area contributed by atoms with Crippen LogP contribution in [-0.2, 0) is 22.2 Å². The van der Waals surface area contributed by atoms with Crippen molar-refractivity contribution < 1.29 is 39.6 Å². The summed E-state index contributed by atoms with van der Waals surface area (Å²) < 4.78 is 104. The minimum atomic E-state index is -5.08. The second kappa shape index (κ2) is 8.05. The average Bonchev–Trinajstić information content (AvgIpc) is 3.17. The van der Waals surface area contributed by atoms with Crippen LogP contribution in [0.25, 0.3) is 0 Å². The number of aliphatic imine (C=N–C) groups is 1. The first-order valence-corrected chi connectivity index (χ1v) is 12.1. The number of halogens is 6. The zero-order valence-electron chi connectivity index (χ0n) is 16.4. The van der Waals surface area contributed by atoms with Gasteiger partial charge < -0.3 is 4.90 Å². The largest absolute Gasteiger partial charge is 0.416 e. The van der Waals surface area contributed by atoms with Crippen LogP contribution in [0.15, 0.2) is 53.5 Å². The SMILES string of the molecule is O=C(N=C1S[C@H]2CS(=O)(=O)C[C@@H]2N1c1cc(C(F)(F)F)cc(C(F)(F)F)c1)c1ccccc1. The third-order valence-electron chi connectivity index (χ3n) is 5.14. The lowest BCUT2D eigenvalue weighted by Gasteiger charge is -2.26. The maximum Gasteiger partial charge on any atom is 0.416 e. The number of anilines is 1. The molecule has 0 unspecified atom stereocenters. The number of amidine groups is 1. The van der Waals surface area contributed by atoms with Gasteiger partial charge in [0.1, 0.15) is 0 Å². The van der Waals surface area contributed by atoms with Crippen molar-refractivity contribution >= 4 is 38.4 Å². The van der Waals surface area contributed by atoms with E-state index in [1.807, 2.05) is 0 Å². The van der Waals surface area contributed by atoms with Gasteiger partial charge >= 0.3 is 12.4 Å². The number of benzene rings is 2. The topological polar surface area (TPSA) is 66.8 Å². The van der Waals surface area contributed by atoms with E-state index in [2.05, 4.69) is 4.99 Å². The van der Waals surface area contributed by atoms with E-state index in [1.54, 1.807) is 18.2 Å². The Labute approximate surface area is 188 Å². The molecule has 1 amide bonds. The summed E-state index contributed by atoms with van der Waals surface area (Å²) in [4.78, 5) is 17.5. The van der Waals surface area contributed by atoms with Gasteiger partial charge in [-0.2, -0.15) is 31.3 Å². The maximum atomic E-state index is 13.4. The van der Waals surface area contributed by atoms with Crippen molar-refractivity contribution in [2.75, 3.05) is 16.4 Å². The second-order valence-electron chi connectivity index (χ2n) is 7.50. The van der Waals surface area contributed by atoms with Gasteiger partial charge in [0.25, 0.3) is 5.91 Å². The zero-order chi connectivity index (χ0) is 24.2. The molecular formula is C20H14F6N2O3S2. The monoisotopic (exact) mass is 508 g/mol. The summed E-state index contributed by atoms with van der Waals surface area (Å²) in [6, 6.07) is 7.72. The van der Waals surface area contributed by atoms with Gasteiger partial charge in [-0.05, 0) is 30.3 Å². The number of fused-ring (bicyclic) bond motifs is 1. The van der Waals surface area contributed by atoms with E-state index in [9.17, 15) is 39.6 Å². The van der Waals surface area contributed by atoms with Crippen molar-refractivity contribution in [1.82, 2.24) is 0 Å². The normalized spacial score (nSPS) is 23.7. The number of hydrogen-bond acceptors (Lipinski definition) is 4. The van der Waals surface area contributed by atoms with Gasteiger partial charge in [0.2, 0.25) is 0 Å². The van der Waals surface area contributed by atoms with Crippen LogP contribution < -0.4 is 4.90 Å². The Morgan fingerprint density at radius 1 is 0.939 bits per heavy atom. The van der Waals surface area contributed by atoms with Crippen LogP contribution in [0.3, 0.4) is 0 Å². The summed E-state index contributed by atoms with van der Waals surface area (Å²) in [7, 11) is -3.57. The molecule has 2 saturated heterocycles. The Morgan fingerprint density at radius 3 is 2.06 bits per heavy atom. The van der Waals surface area contributed by atoms with Gasteiger partial charge in [-0.15, -0.1) is 0 Å². The fourth-order valence-corrected chi connectivity index (χ4v) is 7.59. The molecule has 4 rings (SSSR count). The molecule has 33 heavy (non-hydrogen) atoms. The number of carbonyl (C=O) groups excluding carboxylic acids is 1. The predicted molar refractivity (Wildman–Crippen MR) is 111 cm³/mol. The zero-order valence-corrected chi connectivity index (χ0v) is 18.0. The van der Waals surface area contributed by atoms with Crippen molar-refractivity contribution in [2.24, 2.45) is 4.99 Å². The van der Waals surface area contributed by atoms with Crippen molar-refractivity contribution in [2.45, 2.75) is 23.6 Å². The van der Waals surface area contributed by atoms with Gasteiger partial charge in [0.05, 0.1) is 28.7 Å². The van der Waals surface area contributed by atoms with Gasteiger partial charge in [-0.3, -0.25) is 4.79 Å². The van der Waals surface area contributed by atoms with E-state index < -0.39 is 62.0 Å². The number of amides is 1. The van der Waals surface area contributed by atoms with E-state index in [1.165, 1.54) is 12.1 Å². The molecule has 2 aromatic carbocycles. The minimum Gasteiger partial charge on any atom is -0.316 e. The van der Waals surface area contributed by atoms with Crippen molar-refractivity contribution in [3.8, 4) is 0 Å². The summed E-state index contributed by atoms with van der Waals surface area (Å²) >= 11 is 0.850. The Kier molecular flexibility index (Phi) is 5.76. The molecule has 0 aromatic heterocycles. The van der Waals surface area contributed by atoms with Gasteiger partial charge in [-0.1, -0.05) is 30.0 Å². The highest BCUT2D eigenvalue weighted by molar-refractivity contribution is 8.16. The minimum absolute atomic E-state index is 0.0124. The lowest BCUT2D eigenvalue weighted by atomic mass is 10.1. The van der Waals surface area contributed by atoms with Crippen molar-refractivity contribution in [3.63, 3.8) is 0 Å². The molecule has 176 valence electrons. The highest BCUT2D eigenvalue weighted by Gasteiger charge is 2.50. The fraction of sp³-hybridized carbons (Fsp3) is 0.300. The van der Waals surface area contributed by atoms with Crippen LogP contribution >= 0.6 is 11.8 Å². The number of thioether (sulfide) groups is 1. The molecule has 0 radical (unpaired) electrons. The molecule has 0 aliphatic carbocycles. The van der Waals surface area contributed by atoms with E-state index in [0.29, 0.717) is 12.1 Å². The molecule has 2 aliphatic rings. The highest BCUT2D eigenvalue weighted by atomic mass is 32.2. The summed E-state index contributed by atoms with van der Waals surface area (Å²) in [5, 5.41) is -0.845. The predicted octanol–water partition coefficient (Wildman–Crippen LogP) is 4.64. The van der Waals surface area contributed by atoms with E-state index >= 15 is 0 Å². The summed E-state index contributed by atoms with van der Waals surface area (Å²) in [5.74, 6) is -1.57. The van der Waals surface area contributed by atoms with E-state index in [0.717, 1.165) is 16.7 Å². The molecule has 0 bridgehead atoms. The average molecular weight is 508 g/mol. The Hall–Kier alpha value is -2.54. The molecule has 2 fully saturated rings. The number of sulfone groups is 1. The third-order valence-corrected chi connectivity index (χ3v) is 8.34. The highest BCUT2D eigenvalue weighted by Crippen LogP contribution is 2.44. The molecule has 2 heterocycles. The lowest BCUT2D eigenvalue weighted by Crippen LogP contribution is -2.38. The molecule has 0 saturated carbocycles. The molecule has 13 heteroatoms. The van der Waals surface area contributed by atoms with Crippen LogP contribution in [0.4, 0.5) is 32.0 Å². The molecule has 5 nitrogen and oxygen atoms in total. The fourth-order valence-electron chi connectivity index (χ4n) is 3.68. The smallest absolute Gasteiger partial charge is 0.316 e. The molecule has 0 spiro atoms. The van der Waals surface area contributed by atoms with Crippen molar-refractivity contribution in [3.05, 3.63) is 65.2 Å². The Balaban J connectivity index is 1.85. The number of hydrogen-bond donors (Lipinski definition) is 0. The summed E-state index contributed by atoms with van der Waals surface area (Å²) in [6.45, 7) is 0. The first-order valence-electron chi connectivity index (χ1n) is 9.38. The van der Waals surface area contributed by atoms with Gasteiger partial charge in [-0.25, -0.2) is 8.42 Å². The molecule has 2 atom stereocenters. The Morgan fingerprint density at radius 2 is 1.52 bits per heavy atom. The van der Waals surface area contributed by atoms with E-state index in [-0.39, 0.29) is 22.6 Å². The van der Waals surface area contributed by atoms with Crippen molar-refractivity contribution in [1.29, 1.82) is 0 Å². The Bertz CT molecular complexity index is 1190. The third kappa shape index (κ3) is 4.88. The quantitative estimate of drug-likeness (QED) is 0.553. The molecule has 2 aromatic rings. The van der Waals surface area contributed by atoms with Crippen LogP contribution in [0.5, 0.6) is 0 Å². The summed E-state index contributed by atoms with van der Waals surface area (Å²) in [6.07, 6.45) is -10.2. The number of alkyl halides is 6. The van der Waals surface area contributed by atoms with Crippen LogP contribution in [-0.4, -0.2) is 42.3 Å². The van der Waals surface area contributed by atoms with Crippen LogP contribution in [0, 0.1) is 0 Å². The molecule has 0 N–H and O–H groups in total. The van der Waals surface area contributed by atoms with Gasteiger partial charge in [0, 0.05) is 16.5 Å². The van der Waals surface area contributed by atoms with Crippen LogP contribution in [0.2, 0.25) is 0 Å². The second-order valence-corrected chi connectivity index (χ2v) is 10.9. The maximum absolute atomic E-state index is 13.4. The first kappa shape index (κ1) is 23.6. The van der Waals surface area contributed by atoms with Crippen LogP contribution in [0.1, 0.15) is 21.5 Å². The molecular weight excluding hydrogens is 494 g/mol.